The lowest BCUT2D eigenvalue weighted by Gasteiger charge is -2.32. The van der Waals surface area contributed by atoms with Crippen molar-refractivity contribution < 1.29 is 24.2 Å². The predicted octanol–water partition coefficient (Wildman–Crippen LogP) is 0.0741. The summed E-state index contributed by atoms with van der Waals surface area (Å²) in [5.41, 5.74) is 0. The smallest absolute Gasteiger partial charge is 0.328 e. The molecular formula is C12H20N2O5. The summed E-state index contributed by atoms with van der Waals surface area (Å²) in [7, 11) is 0. The van der Waals surface area contributed by atoms with E-state index in [0.29, 0.717) is 26.4 Å². The first-order chi connectivity index (χ1) is 9.16. The van der Waals surface area contributed by atoms with Crippen LogP contribution < -0.4 is 5.32 Å². The van der Waals surface area contributed by atoms with Gasteiger partial charge in [-0.2, -0.15) is 0 Å². The van der Waals surface area contributed by atoms with Crippen LogP contribution in [0.15, 0.2) is 12.7 Å². The quantitative estimate of drug-likeness (QED) is 0.506. The molecule has 1 aliphatic rings. The number of carboxylic acids is 1. The van der Waals surface area contributed by atoms with Crippen molar-refractivity contribution in [3.05, 3.63) is 12.7 Å². The number of hydrogen-bond acceptors (Lipinski definition) is 4. The van der Waals surface area contributed by atoms with Gasteiger partial charge in [0.2, 0.25) is 0 Å². The summed E-state index contributed by atoms with van der Waals surface area (Å²) >= 11 is 0. The summed E-state index contributed by atoms with van der Waals surface area (Å²) in [6.45, 7) is 5.53. The molecule has 7 heteroatoms. The van der Waals surface area contributed by atoms with Gasteiger partial charge in [0, 0.05) is 13.1 Å². The molecule has 7 nitrogen and oxygen atoms in total. The molecule has 0 saturated carbocycles. The van der Waals surface area contributed by atoms with Gasteiger partial charge in [-0.15, -0.1) is 6.58 Å². The Bertz CT molecular complexity index is 321. The fourth-order valence-electron chi connectivity index (χ4n) is 1.65. The van der Waals surface area contributed by atoms with Crippen LogP contribution in [-0.4, -0.2) is 67.6 Å². The standard InChI is InChI=1S/C12H20N2O5/c1-2-3-6-18-7-4-13-12(17)14-5-8-19-9-10(14)11(15)16/h2,10H,1,3-9H2,(H,13,17)(H,15,16). The van der Waals surface area contributed by atoms with Gasteiger partial charge in [0.1, 0.15) is 0 Å². The van der Waals surface area contributed by atoms with Crippen molar-refractivity contribution in [3.63, 3.8) is 0 Å². The van der Waals surface area contributed by atoms with Crippen LogP contribution >= 0.6 is 0 Å². The van der Waals surface area contributed by atoms with E-state index in [-0.39, 0.29) is 13.2 Å². The van der Waals surface area contributed by atoms with Crippen LogP contribution in [0.2, 0.25) is 0 Å². The third-order valence-corrected chi connectivity index (χ3v) is 2.66. The second-order valence-corrected chi connectivity index (χ2v) is 4.04. The molecule has 1 atom stereocenters. The second-order valence-electron chi connectivity index (χ2n) is 4.04. The molecule has 1 saturated heterocycles. The van der Waals surface area contributed by atoms with Crippen LogP contribution in [0.3, 0.4) is 0 Å². The summed E-state index contributed by atoms with van der Waals surface area (Å²) in [4.78, 5) is 24.1. The first-order valence-corrected chi connectivity index (χ1v) is 6.20. The molecule has 0 radical (unpaired) electrons. The number of morpholine rings is 1. The lowest BCUT2D eigenvalue weighted by atomic mass is 10.2. The fraction of sp³-hybridized carbons (Fsp3) is 0.667. The van der Waals surface area contributed by atoms with Gasteiger partial charge in [-0.3, -0.25) is 0 Å². The Kier molecular flexibility index (Phi) is 6.91. The maximum Gasteiger partial charge on any atom is 0.328 e. The third-order valence-electron chi connectivity index (χ3n) is 2.66. The van der Waals surface area contributed by atoms with Gasteiger partial charge >= 0.3 is 12.0 Å². The van der Waals surface area contributed by atoms with Crippen LogP contribution in [0.4, 0.5) is 4.79 Å². The average Bonchev–Trinajstić information content (AvgIpc) is 2.42. The fourth-order valence-corrected chi connectivity index (χ4v) is 1.65. The number of nitrogens with zero attached hydrogens (tertiary/aromatic N) is 1. The SMILES string of the molecule is C=CCCOCCNC(=O)N1CCOCC1C(=O)O. The first kappa shape index (κ1) is 15.5. The second kappa shape index (κ2) is 8.49. The Hall–Kier alpha value is -1.60. The van der Waals surface area contributed by atoms with Crippen LogP contribution in [-0.2, 0) is 14.3 Å². The predicted molar refractivity (Wildman–Crippen MR) is 68.0 cm³/mol. The largest absolute Gasteiger partial charge is 0.480 e. The van der Waals surface area contributed by atoms with Crippen molar-refractivity contribution >= 4 is 12.0 Å². The number of carbonyl (C=O) groups excluding carboxylic acids is 1. The maximum atomic E-state index is 11.8. The molecule has 1 fully saturated rings. The highest BCUT2D eigenvalue weighted by Gasteiger charge is 2.32. The summed E-state index contributed by atoms with van der Waals surface area (Å²) in [5.74, 6) is -1.06. The summed E-state index contributed by atoms with van der Waals surface area (Å²) in [6, 6.07) is -1.32. The molecule has 19 heavy (non-hydrogen) atoms. The Morgan fingerprint density at radius 2 is 2.32 bits per heavy atom. The maximum absolute atomic E-state index is 11.8. The van der Waals surface area contributed by atoms with Crippen molar-refractivity contribution in [2.24, 2.45) is 0 Å². The molecule has 0 aromatic carbocycles. The highest BCUT2D eigenvalue weighted by Crippen LogP contribution is 2.07. The number of urea groups is 1. The number of carbonyl (C=O) groups is 2. The Morgan fingerprint density at radius 1 is 1.53 bits per heavy atom. The molecule has 0 bridgehead atoms. The monoisotopic (exact) mass is 272 g/mol. The minimum atomic E-state index is -1.06. The molecular weight excluding hydrogens is 252 g/mol. The molecule has 0 spiro atoms. The number of rotatable bonds is 7. The van der Waals surface area contributed by atoms with E-state index in [9.17, 15) is 9.59 Å². The molecule has 0 aromatic rings. The Balaban J connectivity index is 2.27. The van der Waals surface area contributed by atoms with Gasteiger partial charge in [-0.1, -0.05) is 6.08 Å². The highest BCUT2D eigenvalue weighted by molar-refractivity contribution is 5.82. The molecule has 1 heterocycles. The summed E-state index contributed by atoms with van der Waals surface area (Å²) in [6.07, 6.45) is 2.52. The van der Waals surface area contributed by atoms with Crippen LogP contribution in [0.25, 0.3) is 0 Å². The Labute approximate surface area is 112 Å². The molecule has 2 amide bonds. The lowest BCUT2D eigenvalue weighted by Crippen LogP contribution is -2.55. The summed E-state index contributed by atoms with van der Waals surface area (Å²) in [5, 5.41) is 11.6. The summed E-state index contributed by atoms with van der Waals surface area (Å²) < 4.78 is 10.3. The van der Waals surface area contributed by atoms with E-state index in [4.69, 9.17) is 14.6 Å². The van der Waals surface area contributed by atoms with Crippen molar-refractivity contribution in [1.82, 2.24) is 10.2 Å². The van der Waals surface area contributed by atoms with E-state index < -0.39 is 18.0 Å². The molecule has 0 aliphatic carbocycles. The van der Waals surface area contributed by atoms with Crippen molar-refractivity contribution in [2.75, 3.05) is 39.5 Å². The van der Waals surface area contributed by atoms with E-state index in [1.54, 1.807) is 6.08 Å². The van der Waals surface area contributed by atoms with E-state index in [1.807, 2.05) is 0 Å². The van der Waals surface area contributed by atoms with Crippen LogP contribution in [0.5, 0.6) is 0 Å². The number of ether oxygens (including phenoxy) is 2. The van der Waals surface area contributed by atoms with Gasteiger partial charge in [-0.25, -0.2) is 9.59 Å². The number of nitrogens with one attached hydrogen (secondary N) is 1. The zero-order valence-corrected chi connectivity index (χ0v) is 10.8. The molecule has 1 rings (SSSR count). The molecule has 1 unspecified atom stereocenters. The average molecular weight is 272 g/mol. The number of hydrogen-bond donors (Lipinski definition) is 2. The number of aliphatic carboxylic acids is 1. The van der Waals surface area contributed by atoms with Gasteiger partial charge in [0.05, 0.1) is 26.4 Å². The van der Waals surface area contributed by atoms with Gasteiger partial charge in [0.25, 0.3) is 0 Å². The van der Waals surface area contributed by atoms with Crippen LogP contribution in [0, 0.1) is 0 Å². The van der Waals surface area contributed by atoms with E-state index in [1.165, 1.54) is 4.90 Å². The molecule has 108 valence electrons. The zero-order valence-electron chi connectivity index (χ0n) is 10.8. The topological polar surface area (TPSA) is 88.1 Å². The first-order valence-electron chi connectivity index (χ1n) is 6.20. The third kappa shape index (κ3) is 5.27. The number of carboxylic acid groups (broad SMARTS) is 1. The normalized spacial score (nSPS) is 18.9. The van der Waals surface area contributed by atoms with Crippen molar-refractivity contribution in [3.8, 4) is 0 Å². The van der Waals surface area contributed by atoms with Crippen LogP contribution in [0.1, 0.15) is 6.42 Å². The van der Waals surface area contributed by atoms with Crippen molar-refractivity contribution in [2.45, 2.75) is 12.5 Å². The van der Waals surface area contributed by atoms with E-state index in [0.717, 1.165) is 6.42 Å². The number of amides is 2. The van der Waals surface area contributed by atoms with E-state index >= 15 is 0 Å². The lowest BCUT2D eigenvalue weighted by molar-refractivity contribution is -0.147. The van der Waals surface area contributed by atoms with E-state index in [2.05, 4.69) is 11.9 Å². The highest BCUT2D eigenvalue weighted by atomic mass is 16.5. The Morgan fingerprint density at radius 3 is 3.00 bits per heavy atom. The minimum absolute atomic E-state index is 0.0264. The minimum Gasteiger partial charge on any atom is -0.480 e. The van der Waals surface area contributed by atoms with Crippen molar-refractivity contribution in [1.29, 1.82) is 0 Å². The molecule has 1 aliphatic heterocycles. The zero-order chi connectivity index (χ0) is 14.1. The van der Waals surface area contributed by atoms with Gasteiger partial charge in [-0.05, 0) is 6.42 Å². The molecule has 2 N–H and O–H groups in total. The van der Waals surface area contributed by atoms with Gasteiger partial charge < -0.3 is 24.8 Å². The van der Waals surface area contributed by atoms with Gasteiger partial charge in [0.15, 0.2) is 6.04 Å². The molecule has 0 aromatic heterocycles.